The first-order valence-electron chi connectivity index (χ1n) is 9.11. The minimum atomic E-state index is -1.48. The summed E-state index contributed by atoms with van der Waals surface area (Å²) in [5.74, 6) is -2.54. The Bertz CT molecular complexity index is 957. The Balaban J connectivity index is 2.22. The number of aliphatic carboxylic acids is 1. The van der Waals surface area contributed by atoms with E-state index < -0.39 is 35.6 Å². The molecule has 2 atom stereocenters. The molecule has 0 fully saturated rings. The van der Waals surface area contributed by atoms with E-state index in [1.807, 2.05) is 0 Å². The minimum absolute atomic E-state index is 0.0114. The smallest absolute Gasteiger partial charge is 0.312 e. The van der Waals surface area contributed by atoms with Gasteiger partial charge in [0.2, 0.25) is 5.91 Å². The maximum atomic E-state index is 12.8. The lowest BCUT2D eigenvalue weighted by Gasteiger charge is -2.25. The van der Waals surface area contributed by atoms with Crippen LogP contribution in [-0.2, 0) is 9.59 Å². The summed E-state index contributed by atoms with van der Waals surface area (Å²) >= 11 is 0. The van der Waals surface area contributed by atoms with E-state index in [9.17, 15) is 24.3 Å². The first-order chi connectivity index (χ1) is 13.7. The average Bonchev–Trinajstić information content (AvgIpc) is 2.65. The topological polar surface area (TPSA) is 172 Å². The van der Waals surface area contributed by atoms with Crippen molar-refractivity contribution in [3.63, 3.8) is 0 Å². The third kappa shape index (κ3) is 5.50. The number of carboxylic acids is 1. The molecule has 4 N–H and O–H groups in total. The van der Waals surface area contributed by atoms with Crippen LogP contribution in [0.25, 0.3) is 10.9 Å². The number of nitrogens with two attached hydrogens (primary N) is 1. The molecule has 29 heavy (non-hydrogen) atoms. The van der Waals surface area contributed by atoms with Crippen LogP contribution in [0, 0.1) is 5.92 Å². The number of amides is 3. The van der Waals surface area contributed by atoms with Crippen molar-refractivity contribution in [2.45, 2.75) is 38.8 Å². The standard InChI is InChI=1S/C18H24N6O5/c1-10(2)14(24-16(26)11-6-3-4-7-12(11)22-23-24)15(25)21-13(17(27)28)8-5-9-20-18(19)29/h3-4,6-7,10,13-14H,5,8-9H2,1-2H3,(H,21,25)(H,27,28)(H3,19,20,29)/p-1/t13-,14-/m0/s1. The van der Waals surface area contributed by atoms with Gasteiger partial charge in [0.1, 0.15) is 11.6 Å². The zero-order valence-corrected chi connectivity index (χ0v) is 16.1. The lowest BCUT2D eigenvalue weighted by atomic mass is 10.0. The second-order valence-corrected chi connectivity index (χ2v) is 6.86. The summed E-state index contributed by atoms with van der Waals surface area (Å²) in [5, 5.41) is 24.3. The summed E-state index contributed by atoms with van der Waals surface area (Å²) < 4.78 is 0.962. The molecule has 11 heteroatoms. The van der Waals surface area contributed by atoms with Gasteiger partial charge >= 0.3 is 6.03 Å². The van der Waals surface area contributed by atoms with E-state index in [0.717, 1.165) is 4.68 Å². The number of carbonyl (C=O) groups is 3. The van der Waals surface area contributed by atoms with Gasteiger partial charge in [0.05, 0.1) is 17.4 Å². The third-order valence-corrected chi connectivity index (χ3v) is 4.32. The van der Waals surface area contributed by atoms with Gasteiger partial charge in [0.25, 0.3) is 5.56 Å². The van der Waals surface area contributed by atoms with Crippen LogP contribution in [0.5, 0.6) is 0 Å². The predicted molar refractivity (Wildman–Crippen MR) is 101 cm³/mol. The molecule has 2 aromatic rings. The predicted octanol–water partition coefficient (Wildman–Crippen LogP) is -1.33. The van der Waals surface area contributed by atoms with E-state index in [4.69, 9.17) is 5.73 Å². The Labute approximate surface area is 166 Å². The molecule has 1 aromatic heterocycles. The highest BCUT2D eigenvalue weighted by molar-refractivity contribution is 5.86. The Kier molecular flexibility index (Phi) is 7.23. The fourth-order valence-electron chi connectivity index (χ4n) is 2.90. The number of primary amides is 1. The van der Waals surface area contributed by atoms with E-state index in [1.165, 1.54) is 0 Å². The number of rotatable bonds is 9. The van der Waals surface area contributed by atoms with Crippen LogP contribution < -0.4 is 27.0 Å². The zero-order chi connectivity index (χ0) is 21.6. The van der Waals surface area contributed by atoms with Crippen molar-refractivity contribution in [2.75, 3.05) is 6.54 Å². The molecule has 3 amide bonds. The van der Waals surface area contributed by atoms with Crippen LogP contribution in [0.4, 0.5) is 4.79 Å². The van der Waals surface area contributed by atoms with Crippen molar-refractivity contribution in [3.05, 3.63) is 34.6 Å². The second-order valence-electron chi connectivity index (χ2n) is 6.86. The number of hydrogen-bond donors (Lipinski definition) is 3. The molecule has 1 heterocycles. The van der Waals surface area contributed by atoms with E-state index >= 15 is 0 Å². The molecule has 0 unspecified atom stereocenters. The lowest BCUT2D eigenvalue weighted by Crippen LogP contribution is -2.51. The van der Waals surface area contributed by atoms with Crippen molar-refractivity contribution in [1.82, 2.24) is 25.6 Å². The average molecular weight is 403 g/mol. The zero-order valence-electron chi connectivity index (χ0n) is 16.1. The Morgan fingerprint density at radius 2 is 1.93 bits per heavy atom. The molecule has 156 valence electrons. The van der Waals surface area contributed by atoms with Gasteiger partial charge in [-0.1, -0.05) is 31.2 Å². The maximum absolute atomic E-state index is 12.8. The van der Waals surface area contributed by atoms with E-state index in [1.54, 1.807) is 38.1 Å². The number of nitrogens with zero attached hydrogens (tertiary/aromatic N) is 3. The molecule has 0 aliphatic carbocycles. The number of carbonyl (C=O) groups excluding carboxylic acids is 3. The quantitative estimate of drug-likeness (QED) is 0.435. The Morgan fingerprint density at radius 1 is 1.24 bits per heavy atom. The fraction of sp³-hybridized carbons (Fsp3) is 0.444. The van der Waals surface area contributed by atoms with Gasteiger partial charge in [0.15, 0.2) is 0 Å². The number of hydrogen-bond acceptors (Lipinski definition) is 7. The van der Waals surface area contributed by atoms with Crippen LogP contribution in [0.15, 0.2) is 29.1 Å². The Hall–Kier alpha value is -3.50. The lowest BCUT2D eigenvalue weighted by molar-refractivity contribution is -0.308. The van der Waals surface area contributed by atoms with Crippen molar-refractivity contribution in [2.24, 2.45) is 11.7 Å². The molecular weight excluding hydrogens is 380 g/mol. The fourth-order valence-corrected chi connectivity index (χ4v) is 2.90. The second kappa shape index (κ2) is 9.62. The van der Waals surface area contributed by atoms with Crippen LogP contribution in [-0.4, -0.2) is 45.5 Å². The molecule has 0 saturated carbocycles. The molecule has 0 aliphatic heterocycles. The molecular formula is C18H23N6O5-. The van der Waals surface area contributed by atoms with Crippen LogP contribution in [0.2, 0.25) is 0 Å². The number of urea groups is 1. The van der Waals surface area contributed by atoms with E-state index in [-0.39, 0.29) is 25.3 Å². The van der Waals surface area contributed by atoms with Gasteiger partial charge in [-0.25, -0.2) is 4.79 Å². The molecule has 0 spiro atoms. The van der Waals surface area contributed by atoms with Crippen molar-refractivity contribution in [3.8, 4) is 0 Å². The van der Waals surface area contributed by atoms with Crippen LogP contribution in [0.3, 0.4) is 0 Å². The van der Waals surface area contributed by atoms with Gasteiger partial charge in [-0.05, 0) is 30.9 Å². The molecule has 0 bridgehead atoms. The number of fused-ring (bicyclic) bond motifs is 1. The molecule has 0 aliphatic rings. The van der Waals surface area contributed by atoms with Gasteiger partial charge in [-0.2, -0.15) is 4.68 Å². The highest BCUT2D eigenvalue weighted by Crippen LogP contribution is 2.16. The van der Waals surface area contributed by atoms with Gasteiger partial charge in [-0.15, -0.1) is 5.10 Å². The normalized spacial score (nSPS) is 13.1. The summed E-state index contributed by atoms with van der Waals surface area (Å²) in [6.45, 7) is 3.56. The van der Waals surface area contributed by atoms with Crippen molar-refractivity contribution in [1.29, 1.82) is 0 Å². The first kappa shape index (κ1) is 21.8. The largest absolute Gasteiger partial charge is 0.548 e. The monoisotopic (exact) mass is 403 g/mol. The summed E-state index contributed by atoms with van der Waals surface area (Å²) in [4.78, 5) is 47.7. The molecule has 2 rings (SSSR count). The van der Waals surface area contributed by atoms with Gasteiger partial charge in [-0.3, -0.25) is 9.59 Å². The highest BCUT2D eigenvalue weighted by atomic mass is 16.4. The van der Waals surface area contributed by atoms with E-state index in [2.05, 4.69) is 20.9 Å². The van der Waals surface area contributed by atoms with Gasteiger partial charge in [0, 0.05) is 6.54 Å². The van der Waals surface area contributed by atoms with Crippen molar-refractivity contribution >= 4 is 28.8 Å². The molecule has 1 aromatic carbocycles. The van der Waals surface area contributed by atoms with E-state index in [0.29, 0.717) is 10.9 Å². The first-order valence-corrected chi connectivity index (χ1v) is 9.11. The molecule has 0 saturated heterocycles. The van der Waals surface area contributed by atoms with Gasteiger partial charge < -0.3 is 26.3 Å². The number of aromatic nitrogens is 3. The van der Waals surface area contributed by atoms with Crippen LogP contribution >= 0.6 is 0 Å². The highest BCUT2D eigenvalue weighted by Gasteiger charge is 2.29. The number of nitrogens with one attached hydrogen (secondary N) is 2. The maximum Gasteiger partial charge on any atom is 0.312 e. The number of carboxylic acid groups (broad SMARTS) is 1. The summed E-state index contributed by atoms with van der Waals surface area (Å²) in [7, 11) is 0. The summed E-state index contributed by atoms with van der Waals surface area (Å²) in [5.41, 5.74) is 4.84. The summed E-state index contributed by atoms with van der Waals surface area (Å²) in [6, 6.07) is 3.50. The van der Waals surface area contributed by atoms with Crippen molar-refractivity contribution < 1.29 is 19.5 Å². The third-order valence-electron chi connectivity index (χ3n) is 4.32. The van der Waals surface area contributed by atoms with Crippen LogP contribution in [0.1, 0.15) is 32.7 Å². The molecule has 0 radical (unpaired) electrons. The summed E-state index contributed by atoms with van der Waals surface area (Å²) in [6.07, 6.45) is 0.265. The minimum Gasteiger partial charge on any atom is -0.548 e. The SMILES string of the molecule is CC(C)[C@@H](C(=O)N[C@@H](CCCNC(N)=O)C(=O)[O-])n1nnc2ccccc2c1=O. The Morgan fingerprint density at radius 3 is 2.55 bits per heavy atom. The molecule has 11 nitrogen and oxygen atoms in total. The number of benzene rings is 1.